The van der Waals surface area contributed by atoms with Gasteiger partial charge in [-0.1, -0.05) is 11.8 Å². The Bertz CT molecular complexity index is 576. The molecule has 0 aliphatic carbocycles. The lowest BCUT2D eigenvalue weighted by molar-refractivity contribution is -0.122. The van der Waals surface area contributed by atoms with Crippen LogP contribution in [0.4, 0.5) is 4.39 Å². The Morgan fingerprint density at radius 2 is 2.15 bits per heavy atom. The summed E-state index contributed by atoms with van der Waals surface area (Å²) in [5.41, 5.74) is 0.183. The van der Waals surface area contributed by atoms with Gasteiger partial charge >= 0.3 is 0 Å². The third-order valence-electron chi connectivity index (χ3n) is 2.52. The van der Waals surface area contributed by atoms with Gasteiger partial charge in [-0.3, -0.25) is 9.59 Å². The molecule has 1 rings (SSSR count). The fourth-order valence-corrected chi connectivity index (χ4v) is 1.45. The molecule has 0 saturated heterocycles. The molecular weight excluding hydrogens is 263 g/mol. The number of halogens is 1. The number of likely N-dealkylation sites (N-methyl/N-ethyl adjacent to an activating group) is 1. The summed E-state index contributed by atoms with van der Waals surface area (Å²) in [6.07, 6.45) is 0. The highest BCUT2D eigenvalue weighted by molar-refractivity contribution is 5.97. The van der Waals surface area contributed by atoms with Gasteiger partial charge in [-0.05, 0) is 25.1 Å². The highest BCUT2D eigenvalue weighted by atomic mass is 19.1. The Hall–Kier alpha value is -2.39. The highest BCUT2D eigenvalue weighted by Crippen LogP contribution is 2.09. The number of hydrogen-bond acceptors (Lipinski definition) is 3. The van der Waals surface area contributed by atoms with E-state index in [1.54, 1.807) is 0 Å². The molecule has 20 heavy (non-hydrogen) atoms. The minimum atomic E-state index is -0.718. The zero-order valence-electron chi connectivity index (χ0n) is 11.2. The molecule has 1 aromatic carbocycles. The molecule has 0 saturated carbocycles. The van der Waals surface area contributed by atoms with Crippen molar-refractivity contribution in [3.8, 4) is 11.8 Å². The molecule has 0 heterocycles. The van der Waals surface area contributed by atoms with Crippen LogP contribution in [0.2, 0.25) is 0 Å². The number of carbonyl (C=O) groups excluding carboxylic acids is 2. The van der Waals surface area contributed by atoms with Crippen molar-refractivity contribution < 1.29 is 19.1 Å². The predicted molar refractivity (Wildman–Crippen MR) is 71.4 cm³/mol. The van der Waals surface area contributed by atoms with E-state index in [2.05, 4.69) is 22.5 Å². The van der Waals surface area contributed by atoms with Crippen molar-refractivity contribution in [1.82, 2.24) is 10.6 Å². The minimum Gasteiger partial charge on any atom is -0.384 e. The van der Waals surface area contributed by atoms with Gasteiger partial charge in [-0.25, -0.2) is 4.39 Å². The molecule has 2 amide bonds. The second-order valence-electron chi connectivity index (χ2n) is 3.96. The third kappa shape index (κ3) is 4.07. The lowest BCUT2D eigenvalue weighted by Crippen LogP contribution is -2.43. The molecule has 1 aromatic rings. The lowest BCUT2D eigenvalue weighted by atomic mass is 10.1. The van der Waals surface area contributed by atoms with Gasteiger partial charge in [0.25, 0.3) is 5.91 Å². The summed E-state index contributed by atoms with van der Waals surface area (Å²) in [7, 11) is 1.46. The largest absolute Gasteiger partial charge is 0.384 e. The molecule has 3 N–H and O–H groups in total. The van der Waals surface area contributed by atoms with Crippen LogP contribution in [-0.2, 0) is 4.79 Å². The first-order valence-electron chi connectivity index (χ1n) is 5.91. The summed E-state index contributed by atoms with van der Waals surface area (Å²) in [5.74, 6) is 3.19. The van der Waals surface area contributed by atoms with E-state index >= 15 is 0 Å². The van der Waals surface area contributed by atoms with E-state index < -0.39 is 17.8 Å². The molecular formula is C14H15FN2O3. The first kappa shape index (κ1) is 15.7. The first-order chi connectivity index (χ1) is 9.49. The van der Waals surface area contributed by atoms with Crippen LogP contribution in [0.5, 0.6) is 0 Å². The zero-order chi connectivity index (χ0) is 15.1. The van der Waals surface area contributed by atoms with E-state index in [9.17, 15) is 14.0 Å². The molecule has 106 valence electrons. The van der Waals surface area contributed by atoms with Crippen LogP contribution in [0.25, 0.3) is 0 Å². The monoisotopic (exact) mass is 278 g/mol. The SMILES string of the molecule is CNC(=O)C(C)NC(=O)c1ccc(C#CCO)c(F)c1. The molecule has 0 aliphatic rings. The van der Waals surface area contributed by atoms with E-state index in [4.69, 9.17) is 5.11 Å². The van der Waals surface area contributed by atoms with Crippen LogP contribution in [-0.4, -0.2) is 36.6 Å². The fraction of sp³-hybridized carbons (Fsp3) is 0.286. The Balaban J connectivity index is 2.85. The fourth-order valence-electron chi connectivity index (χ4n) is 1.45. The number of aliphatic hydroxyl groups excluding tert-OH is 1. The highest BCUT2D eigenvalue weighted by Gasteiger charge is 2.16. The number of aliphatic hydroxyl groups is 1. The van der Waals surface area contributed by atoms with Crippen molar-refractivity contribution in [2.24, 2.45) is 0 Å². The Morgan fingerprint density at radius 3 is 2.70 bits per heavy atom. The number of carbonyl (C=O) groups is 2. The summed E-state index contributed by atoms with van der Waals surface area (Å²) in [4.78, 5) is 23.1. The van der Waals surface area contributed by atoms with Gasteiger partial charge in [0.2, 0.25) is 5.91 Å². The van der Waals surface area contributed by atoms with Gasteiger partial charge in [0.1, 0.15) is 18.5 Å². The van der Waals surface area contributed by atoms with Gasteiger partial charge in [-0.2, -0.15) is 0 Å². The molecule has 0 radical (unpaired) electrons. The van der Waals surface area contributed by atoms with Crippen LogP contribution in [0.3, 0.4) is 0 Å². The van der Waals surface area contributed by atoms with Crippen LogP contribution < -0.4 is 10.6 Å². The van der Waals surface area contributed by atoms with Crippen molar-refractivity contribution in [2.45, 2.75) is 13.0 Å². The number of amides is 2. The lowest BCUT2D eigenvalue weighted by Gasteiger charge is -2.12. The first-order valence-corrected chi connectivity index (χ1v) is 5.91. The standard InChI is InChI=1S/C14H15FN2O3/c1-9(13(19)16-2)17-14(20)11-6-5-10(4-3-7-18)12(15)8-11/h5-6,8-9,18H,7H2,1-2H3,(H,16,19)(H,17,20). The average molecular weight is 278 g/mol. The van der Waals surface area contributed by atoms with E-state index in [-0.39, 0.29) is 23.6 Å². The maximum absolute atomic E-state index is 13.7. The van der Waals surface area contributed by atoms with Crippen molar-refractivity contribution in [2.75, 3.05) is 13.7 Å². The minimum absolute atomic E-state index is 0.0906. The van der Waals surface area contributed by atoms with Crippen LogP contribution in [0, 0.1) is 17.7 Å². The van der Waals surface area contributed by atoms with Crippen LogP contribution in [0.1, 0.15) is 22.8 Å². The van der Waals surface area contributed by atoms with Gasteiger partial charge in [-0.15, -0.1) is 0 Å². The quantitative estimate of drug-likeness (QED) is 0.683. The van der Waals surface area contributed by atoms with Crippen molar-refractivity contribution >= 4 is 11.8 Å². The van der Waals surface area contributed by atoms with Gasteiger partial charge in [0.05, 0.1) is 5.56 Å². The second-order valence-corrected chi connectivity index (χ2v) is 3.96. The summed E-state index contributed by atoms with van der Waals surface area (Å²) >= 11 is 0. The molecule has 0 spiro atoms. The summed E-state index contributed by atoms with van der Waals surface area (Å²) < 4.78 is 13.7. The van der Waals surface area contributed by atoms with E-state index in [1.165, 1.54) is 26.1 Å². The van der Waals surface area contributed by atoms with Crippen LogP contribution in [0.15, 0.2) is 18.2 Å². The van der Waals surface area contributed by atoms with E-state index in [0.717, 1.165) is 6.07 Å². The number of hydrogen-bond donors (Lipinski definition) is 3. The number of benzene rings is 1. The maximum atomic E-state index is 13.7. The molecule has 5 nitrogen and oxygen atoms in total. The van der Waals surface area contributed by atoms with Crippen molar-refractivity contribution in [3.63, 3.8) is 0 Å². The molecule has 1 atom stereocenters. The smallest absolute Gasteiger partial charge is 0.252 e. The summed E-state index contributed by atoms with van der Waals surface area (Å²) in [6.45, 7) is 1.15. The molecule has 0 aliphatic heterocycles. The molecule has 0 fully saturated rings. The Morgan fingerprint density at radius 1 is 1.45 bits per heavy atom. The van der Waals surface area contributed by atoms with Crippen molar-refractivity contribution in [3.05, 3.63) is 35.1 Å². The van der Waals surface area contributed by atoms with Crippen molar-refractivity contribution in [1.29, 1.82) is 0 Å². The topological polar surface area (TPSA) is 78.4 Å². The Labute approximate surface area is 116 Å². The second kappa shape index (κ2) is 7.26. The molecule has 0 aromatic heterocycles. The van der Waals surface area contributed by atoms with E-state index in [0.29, 0.717) is 0 Å². The molecule has 1 unspecified atom stereocenters. The normalized spacial score (nSPS) is 11.0. The summed E-state index contributed by atoms with van der Waals surface area (Å²) in [5, 5.41) is 13.4. The number of nitrogens with one attached hydrogen (secondary N) is 2. The average Bonchev–Trinajstić information content (AvgIpc) is 2.44. The maximum Gasteiger partial charge on any atom is 0.252 e. The Kier molecular flexibility index (Phi) is 5.69. The zero-order valence-corrected chi connectivity index (χ0v) is 11.2. The third-order valence-corrected chi connectivity index (χ3v) is 2.52. The van der Waals surface area contributed by atoms with Gasteiger partial charge in [0.15, 0.2) is 0 Å². The van der Waals surface area contributed by atoms with Gasteiger partial charge in [0, 0.05) is 12.6 Å². The van der Waals surface area contributed by atoms with Crippen LogP contribution >= 0.6 is 0 Å². The predicted octanol–water partition coefficient (Wildman–Crippen LogP) is 0.0338. The molecule has 0 bridgehead atoms. The molecule has 6 heteroatoms. The number of rotatable bonds is 3. The van der Waals surface area contributed by atoms with Gasteiger partial charge < -0.3 is 15.7 Å². The summed E-state index contributed by atoms with van der Waals surface area (Å²) in [6, 6.07) is 3.06. The van der Waals surface area contributed by atoms with E-state index in [1.807, 2.05) is 0 Å².